The lowest BCUT2D eigenvalue weighted by molar-refractivity contribution is -0.109. The minimum Gasteiger partial charge on any atom is -0.465 e. The molecule has 5 rings (SSSR count). The lowest BCUT2D eigenvalue weighted by atomic mass is 9.92. The molecule has 0 N–H and O–H groups in total. The van der Waals surface area contributed by atoms with E-state index in [2.05, 4.69) is 45.9 Å². The first kappa shape index (κ1) is 25.5. The van der Waals surface area contributed by atoms with Crippen LogP contribution in [0.4, 0.5) is 0 Å². The molecule has 5 atom stereocenters. The summed E-state index contributed by atoms with van der Waals surface area (Å²) in [6, 6.07) is 12.4. The van der Waals surface area contributed by atoms with Crippen LogP contribution in [0.25, 0.3) is 10.8 Å². The first-order chi connectivity index (χ1) is 17.4. The topological polar surface area (TPSA) is 52.6 Å². The van der Waals surface area contributed by atoms with Gasteiger partial charge in [-0.3, -0.25) is 9.59 Å². The van der Waals surface area contributed by atoms with E-state index in [0.717, 1.165) is 52.5 Å². The highest BCUT2D eigenvalue weighted by molar-refractivity contribution is 7.75. The molecule has 0 saturated heterocycles. The lowest BCUT2D eigenvalue weighted by Crippen LogP contribution is -2.29. The Kier molecular flexibility index (Phi) is 7.59. The second-order valence-corrected chi connectivity index (χ2v) is 14.7. The largest absolute Gasteiger partial charge is 0.465 e. The van der Waals surface area contributed by atoms with Crippen molar-refractivity contribution in [2.24, 2.45) is 0 Å². The maximum absolute atomic E-state index is 14.3. The number of fused-ring (bicyclic) bond motifs is 3. The van der Waals surface area contributed by atoms with Crippen LogP contribution in [-0.2, 0) is 20.2 Å². The molecular weight excluding hydrogens is 486 g/mol. The van der Waals surface area contributed by atoms with Crippen molar-refractivity contribution in [3.63, 3.8) is 0 Å². The molecule has 2 aromatic rings. The van der Waals surface area contributed by atoms with Gasteiger partial charge in [0.15, 0.2) is 5.52 Å². The molecule has 36 heavy (non-hydrogen) atoms. The predicted molar refractivity (Wildman–Crippen MR) is 150 cm³/mol. The summed E-state index contributed by atoms with van der Waals surface area (Å²) in [6.45, 7) is 8.53. The van der Waals surface area contributed by atoms with Gasteiger partial charge in [-0.15, -0.1) is 0 Å². The SMILES string of the molecule is CCC(C)P1Cc2cc3ccccc3cc2C(=O)P(C(C)CC)OC2CC3=C(C=C2C1=O)OC=CC3. The van der Waals surface area contributed by atoms with Crippen LogP contribution in [-0.4, -0.2) is 28.5 Å². The van der Waals surface area contributed by atoms with Crippen molar-refractivity contribution in [3.8, 4) is 0 Å². The minimum atomic E-state index is -1.44. The first-order valence-electron chi connectivity index (χ1n) is 13.0. The zero-order valence-electron chi connectivity index (χ0n) is 21.5. The highest BCUT2D eigenvalue weighted by atomic mass is 31.1. The van der Waals surface area contributed by atoms with Gasteiger partial charge >= 0.3 is 0 Å². The van der Waals surface area contributed by atoms with Crippen LogP contribution in [0.5, 0.6) is 0 Å². The number of rotatable bonds is 4. The molecule has 0 saturated carbocycles. The van der Waals surface area contributed by atoms with Crippen molar-refractivity contribution in [1.29, 1.82) is 0 Å². The van der Waals surface area contributed by atoms with E-state index in [1.807, 2.05) is 30.4 Å². The van der Waals surface area contributed by atoms with Crippen molar-refractivity contribution in [1.82, 2.24) is 0 Å². The molecule has 6 heteroatoms. The highest BCUT2D eigenvalue weighted by Gasteiger charge is 2.40. The summed E-state index contributed by atoms with van der Waals surface area (Å²) in [7, 11) is -2.49. The van der Waals surface area contributed by atoms with E-state index in [4.69, 9.17) is 9.26 Å². The first-order valence-corrected chi connectivity index (χ1v) is 15.9. The summed E-state index contributed by atoms with van der Waals surface area (Å²) < 4.78 is 12.6. The average molecular weight is 521 g/mol. The molecule has 2 aliphatic heterocycles. The fraction of sp³-hybridized carbons (Fsp3) is 0.400. The Morgan fingerprint density at radius 1 is 1.00 bits per heavy atom. The number of benzene rings is 2. The van der Waals surface area contributed by atoms with Gasteiger partial charge in [-0.25, -0.2) is 0 Å². The summed E-state index contributed by atoms with van der Waals surface area (Å²) in [5.74, 6) is 0.780. The van der Waals surface area contributed by atoms with Gasteiger partial charge in [0.2, 0.25) is 5.52 Å². The molecule has 4 nitrogen and oxygen atoms in total. The van der Waals surface area contributed by atoms with Crippen molar-refractivity contribution in [3.05, 3.63) is 82.8 Å². The van der Waals surface area contributed by atoms with Crippen LogP contribution in [0.2, 0.25) is 0 Å². The average Bonchev–Trinajstić information content (AvgIpc) is 2.91. The molecule has 0 aromatic heterocycles. The molecule has 2 aromatic carbocycles. The molecule has 1 aliphatic carbocycles. The molecule has 0 spiro atoms. The smallest absolute Gasteiger partial charge is 0.212 e. The molecule has 3 aliphatic rings. The lowest BCUT2D eigenvalue weighted by Gasteiger charge is -2.36. The van der Waals surface area contributed by atoms with Crippen LogP contribution >= 0.6 is 16.1 Å². The third-order valence-corrected chi connectivity index (χ3v) is 12.9. The Morgan fingerprint density at radius 2 is 1.72 bits per heavy atom. The van der Waals surface area contributed by atoms with Gasteiger partial charge in [0.1, 0.15) is 13.9 Å². The Labute approximate surface area is 216 Å². The van der Waals surface area contributed by atoms with E-state index in [-0.39, 0.29) is 22.4 Å². The van der Waals surface area contributed by atoms with Crippen molar-refractivity contribution < 1.29 is 18.8 Å². The molecule has 2 heterocycles. The van der Waals surface area contributed by atoms with E-state index in [9.17, 15) is 9.59 Å². The summed E-state index contributed by atoms with van der Waals surface area (Å²) in [6.07, 6.45) is 9.00. The monoisotopic (exact) mass is 520 g/mol. The van der Waals surface area contributed by atoms with Crippen LogP contribution in [0, 0.1) is 0 Å². The second-order valence-electron chi connectivity index (χ2n) is 9.99. The molecule has 5 unspecified atom stereocenters. The quantitative estimate of drug-likeness (QED) is 0.380. The standard InChI is InChI=1S/C30H34O4P2/c1-5-19(3)35-18-24-14-21-10-7-8-11-22(21)15-25(24)30(32)36(20(4)6-2)34-28-16-23-12-9-13-33-27(23)17-26(28)29(35)31/h7-11,13-15,17,19-20,28H,5-6,12,16,18H2,1-4H3. The maximum atomic E-state index is 14.3. The molecular formula is C30H34O4P2. The van der Waals surface area contributed by atoms with Gasteiger partial charge in [0.25, 0.3) is 0 Å². The van der Waals surface area contributed by atoms with Gasteiger partial charge in [-0.1, -0.05) is 58.0 Å². The Bertz CT molecular complexity index is 1290. The van der Waals surface area contributed by atoms with Gasteiger partial charge in [0, 0.05) is 29.4 Å². The third-order valence-electron chi connectivity index (χ3n) is 7.67. The van der Waals surface area contributed by atoms with Gasteiger partial charge in [0.05, 0.1) is 12.4 Å². The number of hydrogen-bond donors (Lipinski definition) is 0. The van der Waals surface area contributed by atoms with Crippen LogP contribution in [0.15, 0.2) is 71.7 Å². The third kappa shape index (κ3) is 4.76. The van der Waals surface area contributed by atoms with E-state index in [1.165, 1.54) is 0 Å². The molecule has 0 bridgehead atoms. The van der Waals surface area contributed by atoms with E-state index in [1.54, 1.807) is 6.26 Å². The van der Waals surface area contributed by atoms with Crippen molar-refractivity contribution >= 4 is 37.9 Å². The fourth-order valence-corrected chi connectivity index (χ4v) is 9.47. The number of ether oxygens (including phenoxy) is 1. The summed E-state index contributed by atoms with van der Waals surface area (Å²) in [4.78, 5) is 28.5. The minimum absolute atomic E-state index is 0.0940. The number of carbonyl (C=O) groups excluding carboxylic acids is 2. The van der Waals surface area contributed by atoms with Crippen LogP contribution in [0.3, 0.4) is 0 Å². The van der Waals surface area contributed by atoms with E-state index >= 15 is 0 Å². The second kappa shape index (κ2) is 10.7. The fourth-order valence-electron chi connectivity index (χ4n) is 5.07. The Balaban J connectivity index is 1.69. The Hall–Kier alpha value is -2.12. The number of hydrogen-bond acceptors (Lipinski definition) is 4. The zero-order chi connectivity index (χ0) is 25.4. The molecule has 0 radical (unpaired) electrons. The highest BCUT2D eigenvalue weighted by Crippen LogP contribution is 2.57. The molecule has 0 fully saturated rings. The summed E-state index contributed by atoms with van der Waals surface area (Å²) >= 11 is 0. The molecule has 0 amide bonds. The van der Waals surface area contributed by atoms with E-state index < -0.39 is 22.2 Å². The van der Waals surface area contributed by atoms with Gasteiger partial charge in [-0.2, -0.15) is 0 Å². The zero-order valence-corrected chi connectivity index (χ0v) is 23.3. The normalized spacial score (nSPS) is 25.9. The van der Waals surface area contributed by atoms with Crippen LogP contribution in [0.1, 0.15) is 69.3 Å². The Morgan fingerprint density at radius 3 is 2.44 bits per heavy atom. The van der Waals surface area contributed by atoms with E-state index in [0.29, 0.717) is 18.2 Å². The number of carbonyl (C=O) groups is 2. The van der Waals surface area contributed by atoms with Crippen molar-refractivity contribution in [2.75, 3.05) is 0 Å². The number of allylic oxidation sites excluding steroid dienone is 2. The molecule has 188 valence electrons. The summed E-state index contributed by atoms with van der Waals surface area (Å²) in [5, 5.41) is 2.16. The predicted octanol–water partition coefficient (Wildman–Crippen LogP) is 8.40. The van der Waals surface area contributed by atoms with Gasteiger partial charge < -0.3 is 9.26 Å². The maximum Gasteiger partial charge on any atom is 0.212 e. The van der Waals surface area contributed by atoms with Crippen molar-refractivity contribution in [2.45, 2.75) is 77.0 Å². The summed E-state index contributed by atoms with van der Waals surface area (Å²) in [5.41, 5.74) is 4.21. The van der Waals surface area contributed by atoms with Crippen LogP contribution < -0.4 is 0 Å². The van der Waals surface area contributed by atoms with Gasteiger partial charge in [-0.05, 0) is 73.0 Å².